The van der Waals surface area contributed by atoms with E-state index in [1.54, 1.807) is 91.0 Å². The van der Waals surface area contributed by atoms with Gasteiger partial charge >= 0.3 is 11.9 Å². The minimum atomic E-state index is -5.34. The van der Waals surface area contributed by atoms with Gasteiger partial charge in [-0.1, -0.05) is 54.6 Å². The minimum Gasteiger partial charge on any atom is -0.747 e. The highest BCUT2D eigenvalue weighted by atomic mass is 32.2. The first kappa shape index (κ1) is 24.6. The molecule has 0 bridgehead atoms. The lowest BCUT2D eigenvalue weighted by molar-refractivity contribution is -0.146. The summed E-state index contributed by atoms with van der Waals surface area (Å²) in [6, 6.07) is 26.4. The number of carbonyl (C=O) groups is 2. The number of esters is 2. The summed E-state index contributed by atoms with van der Waals surface area (Å²) >= 11 is 0. The predicted molar refractivity (Wildman–Crippen MR) is 126 cm³/mol. The summed E-state index contributed by atoms with van der Waals surface area (Å²) in [4.78, 5) is 26.2. The van der Waals surface area contributed by atoms with Crippen molar-refractivity contribution < 1.29 is 32.0 Å². The van der Waals surface area contributed by atoms with Crippen LogP contribution in [0.25, 0.3) is 0 Å². The van der Waals surface area contributed by atoms with Crippen molar-refractivity contribution in [2.75, 3.05) is 14.2 Å². The fraction of sp³-hybridized carbons (Fsp3) is 0.167. The molecule has 0 radical (unpaired) electrons. The molecule has 0 aliphatic rings. The van der Waals surface area contributed by atoms with Gasteiger partial charge in [-0.05, 0) is 36.4 Å². The molecule has 0 amide bonds. The zero-order chi connectivity index (χ0) is 24.1. The highest BCUT2D eigenvalue weighted by molar-refractivity contribution is 7.98. The van der Waals surface area contributed by atoms with Gasteiger partial charge in [0.05, 0.1) is 14.2 Å². The van der Waals surface area contributed by atoms with Gasteiger partial charge in [0.2, 0.25) is 5.66 Å². The van der Waals surface area contributed by atoms with Crippen LogP contribution in [0.15, 0.2) is 91.0 Å². The Morgan fingerprint density at radius 2 is 1.03 bits per heavy atom. The van der Waals surface area contributed by atoms with E-state index >= 15 is 0 Å². The van der Waals surface area contributed by atoms with Crippen LogP contribution >= 0.6 is 7.26 Å². The van der Waals surface area contributed by atoms with E-state index in [4.69, 9.17) is 9.47 Å². The minimum absolute atomic E-state index is 0.607. The molecule has 0 heterocycles. The van der Waals surface area contributed by atoms with E-state index in [0.29, 0.717) is 15.9 Å². The van der Waals surface area contributed by atoms with Gasteiger partial charge in [-0.25, -0.2) is 13.2 Å². The van der Waals surface area contributed by atoms with Gasteiger partial charge in [0, 0.05) is 0 Å². The van der Waals surface area contributed by atoms with E-state index in [1.807, 2.05) is 0 Å². The second kappa shape index (κ2) is 10.3. The van der Waals surface area contributed by atoms with Gasteiger partial charge in [-0.3, -0.25) is 4.79 Å². The SMILES string of the molecule is COC(=O)C(C(C(=O)OC)S(=O)(=O)[O-])[P+](c1ccccc1)(c1ccccc1)c1ccccc1. The summed E-state index contributed by atoms with van der Waals surface area (Å²) in [6.07, 6.45) is 0. The third-order valence-corrected chi connectivity index (χ3v) is 11.4. The summed E-state index contributed by atoms with van der Waals surface area (Å²) in [5.74, 6) is -2.30. The average Bonchev–Trinajstić information content (AvgIpc) is 2.84. The first-order valence-corrected chi connectivity index (χ1v) is 13.3. The Labute approximate surface area is 193 Å². The van der Waals surface area contributed by atoms with E-state index in [1.165, 1.54) is 0 Å². The molecule has 172 valence electrons. The quantitative estimate of drug-likeness (QED) is 0.270. The van der Waals surface area contributed by atoms with E-state index in [0.717, 1.165) is 14.2 Å². The number of rotatable bonds is 8. The summed E-state index contributed by atoms with van der Waals surface area (Å²) in [5, 5.41) is -0.495. The molecule has 7 nitrogen and oxygen atoms in total. The van der Waals surface area contributed by atoms with Crippen molar-refractivity contribution in [1.82, 2.24) is 0 Å². The maximum atomic E-state index is 13.4. The third kappa shape index (κ3) is 4.69. The predicted octanol–water partition coefficient (Wildman–Crippen LogP) is 1.61. The Kier molecular flexibility index (Phi) is 7.64. The lowest BCUT2D eigenvalue weighted by Crippen LogP contribution is -2.54. The Morgan fingerprint density at radius 1 is 0.697 bits per heavy atom. The van der Waals surface area contributed by atoms with Crippen molar-refractivity contribution in [2.24, 2.45) is 0 Å². The molecule has 9 heteroatoms. The molecule has 3 rings (SSSR count). The van der Waals surface area contributed by atoms with Gasteiger partial charge in [-0.15, -0.1) is 0 Å². The van der Waals surface area contributed by atoms with E-state index in [9.17, 15) is 22.6 Å². The van der Waals surface area contributed by atoms with Crippen LogP contribution in [0.2, 0.25) is 0 Å². The monoisotopic (exact) mass is 486 g/mol. The van der Waals surface area contributed by atoms with Crippen molar-refractivity contribution in [3.05, 3.63) is 91.0 Å². The Morgan fingerprint density at radius 3 is 1.30 bits per heavy atom. The number of ether oxygens (including phenoxy) is 2. The van der Waals surface area contributed by atoms with Gasteiger partial charge in [0.25, 0.3) is 0 Å². The zero-order valence-electron chi connectivity index (χ0n) is 18.0. The van der Waals surface area contributed by atoms with E-state index in [2.05, 4.69) is 0 Å². The maximum Gasteiger partial charge on any atom is 0.349 e. The van der Waals surface area contributed by atoms with Gasteiger partial charge < -0.3 is 14.0 Å². The van der Waals surface area contributed by atoms with Crippen LogP contribution in [0.3, 0.4) is 0 Å². The molecule has 0 aliphatic carbocycles. The fourth-order valence-corrected chi connectivity index (χ4v) is 10.5. The number of carbonyl (C=O) groups excluding carboxylic acids is 2. The molecular weight excluding hydrogens is 463 g/mol. The van der Waals surface area contributed by atoms with Crippen LogP contribution in [0.1, 0.15) is 0 Å². The first-order chi connectivity index (χ1) is 15.8. The number of hydrogen-bond donors (Lipinski definition) is 0. The lowest BCUT2D eigenvalue weighted by Gasteiger charge is -2.36. The van der Waals surface area contributed by atoms with Gasteiger partial charge in [0.15, 0.2) is 5.25 Å². The van der Waals surface area contributed by atoms with Crippen LogP contribution in [0, 0.1) is 0 Å². The highest BCUT2D eigenvalue weighted by Crippen LogP contribution is 2.61. The molecule has 0 aliphatic heterocycles. The number of methoxy groups -OCH3 is 2. The average molecular weight is 486 g/mol. The Bertz CT molecular complexity index is 1100. The topological polar surface area (TPSA) is 110 Å². The van der Waals surface area contributed by atoms with Crippen molar-refractivity contribution in [1.29, 1.82) is 0 Å². The Hall–Kier alpha value is -3.06. The zero-order valence-corrected chi connectivity index (χ0v) is 19.7. The van der Waals surface area contributed by atoms with Gasteiger partial charge in [0.1, 0.15) is 33.3 Å². The molecule has 0 aromatic heterocycles. The van der Waals surface area contributed by atoms with Crippen LogP contribution in [0.4, 0.5) is 0 Å². The van der Waals surface area contributed by atoms with Crippen LogP contribution in [0.5, 0.6) is 0 Å². The molecule has 3 aromatic carbocycles. The number of benzene rings is 3. The van der Waals surface area contributed by atoms with Crippen molar-refractivity contribution in [3.8, 4) is 0 Å². The van der Waals surface area contributed by atoms with Crippen molar-refractivity contribution >= 4 is 45.2 Å². The highest BCUT2D eigenvalue weighted by Gasteiger charge is 2.63. The molecule has 3 aromatic rings. The van der Waals surface area contributed by atoms with E-state index in [-0.39, 0.29) is 0 Å². The first-order valence-electron chi connectivity index (χ1n) is 9.94. The molecule has 33 heavy (non-hydrogen) atoms. The molecule has 2 unspecified atom stereocenters. The second-order valence-corrected chi connectivity index (χ2v) is 12.2. The molecule has 2 atom stereocenters. The molecule has 0 spiro atoms. The second-order valence-electron chi connectivity index (χ2n) is 7.13. The van der Waals surface area contributed by atoms with Crippen molar-refractivity contribution in [3.63, 3.8) is 0 Å². The van der Waals surface area contributed by atoms with Crippen molar-refractivity contribution in [2.45, 2.75) is 10.9 Å². The third-order valence-electron chi connectivity index (χ3n) is 5.38. The summed E-state index contributed by atoms with van der Waals surface area (Å²) in [5.41, 5.74) is -1.68. The lowest BCUT2D eigenvalue weighted by atomic mass is 10.3. The largest absolute Gasteiger partial charge is 0.747 e. The van der Waals surface area contributed by atoms with Crippen LogP contribution < -0.4 is 15.9 Å². The fourth-order valence-electron chi connectivity index (χ4n) is 4.04. The summed E-state index contributed by atoms with van der Waals surface area (Å²) in [7, 11) is -6.58. The molecule has 0 saturated carbocycles. The normalized spacial score (nSPS) is 13.5. The van der Waals surface area contributed by atoms with Gasteiger partial charge in [-0.2, -0.15) is 0 Å². The molecule has 0 saturated heterocycles. The van der Waals surface area contributed by atoms with Crippen LogP contribution in [-0.2, 0) is 29.2 Å². The summed E-state index contributed by atoms with van der Waals surface area (Å²) < 4.78 is 47.2. The smallest absolute Gasteiger partial charge is 0.349 e. The Balaban J connectivity index is 2.57. The number of hydrogen-bond acceptors (Lipinski definition) is 7. The molecular formula is C24H23O7PS. The van der Waals surface area contributed by atoms with Crippen LogP contribution in [-0.4, -0.2) is 50.0 Å². The molecule has 0 N–H and O–H groups in total. The standard InChI is InChI=1S/C24H23O7PS/c1-30-23(25)21(22(24(26)31-2)33(27,28)29)32(18-12-6-3-7-13-18,19-14-8-4-9-15-19)20-16-10-5-11-17-20/h3-17,21-22H,1-2H3. The van der Waals surface area contributed by atoms with E-state index < -0.39 is 40.2 Å². The summed E-state index contributed by atoms with van der Waals surface area (Å²) in [6.45, 7) is 0. The molecule has 0 fully saturated rings. The maximum absolute atomic E-state index is 13.4.